The molecule has 1 aliphatic heterocycles. The Hall–Kier alpha value is -0.610. The Labute approximate surface area is 110 Å². The van der Waals surface area contributed by atoms with Gasteiger partial charge in [0.1, 0.15) is 0 Å². The summed E-state index contributed by atoms with van der Waals surface area (Å²) in [5.41, 5.74) is 0. The van der Waals surface area contributed by atoms with E-state index in [-0.39, 0.29) is 30.2 Å². The van der Waals surface area contributed by atoms with E-state index in [1.807, 2.05) is 6.92 Å². The SMILES string of the molecule is CCC[C@H](O)C[C@@H]1CC[C@H]([C@H](CC)C(=O)OC)O1. The van der Waals surface area contributed by atoms with Crippen LogP contribution in [-0.2, 0) is 14.3 Å². The van der Waals surface area contributed by atoms with Gasteiger partial charge in [-0.1, -0.05) is 20.3 Å². The second kappa shape index (κ2) is 7.74. The second-order valence-electron chi connectivity index (χ2n) is 5.09. The largest absolute Gasteiger partial charge is 0.469 e. The van der Waals surface area contributed by atoms with Gasteiger partial charge in [-0.3, -0.25) is 4.79 Å². The average Bonchev–Trinajstić information content (AvgIpc) is 2.78. The number of methoxy groups -OCH3 is 1. The minimum absolute atomic E-state index is 0.0405. The summed E-state index contributed by atoms with van der Waals surface area (Å²) >= 11 is 0. The van der Waals surface area contributed by atoms with E-state index in [1.54, 1.807) is 0 Å². The van der Waals surface area contributed by atoms with Crippen molar-refractivity contribution in [2.24, 2.45) is 5.92 Å². The summed E-state index contributed by atoms with van der Waals surface area (Å²) < 4.78 is 10.7. The van der Waals surface area contributed by atoms with E-state index in [0.29, 0.717) is 6.42 Å². The van der Waals surface area contributed by atoms with Crippen molar-refractivity contribution in [2.75, 3.05) is 7.11 Å². The van der Waals surface area contributed by atoms with Crippen LogP contribution in [0.5, 0.6) is 0 Å². The van der Waals surface area contributed by atoms with Crippen molar-refractivity contribution >= 4 is 5.97 Å². The molecule has 0 aromatic rings. The third-order valence-corrected chi connectivity index (χ3v) is 3.69. The third-order valence-electron chi connectivity index (χ3n) is 3.69. The molecule has 0 bridgehead atoms. The molecule has 1 aliphatic rings. The van der Waals surface area contributed by atoms with Crippen LogP contribution in [0.25, 0.3) is 0 Å². The van der Waals surface area contributed by atoms with Crippen LogP contribution in [0.3, 0.4) is 0 Å². The first kappa shape index (κ1) is 15.4. The summed E-state index contributed by atoms with van der Waals surface area (Å²) in [6.45, 7) is 4.04. The molecule has 4 heteroatoms. The number of carbonyl (C=O) groups excluding carboxylic acids is 1. The Balaban J connectivity index is 2.42. The van der Waals surface area contributed by atoms with Gasteiger partial charge in [0.15, 0.2) is 0 Å². The summed E-state index contributed by atoms with van der Waals surface area (Å²) in [5, 5.41) is 9.78. The number of ether oxygens (including phenoxy) is 2. The lowest BCUT2D eigenvalue weighted by Gasteiger charge is -2.21. The maximum atomic E-state index is 11.6. The monoisotopic (exact) mass is 258 g/mol. The summed E-state index contributed by atoms with van der Waals surface area (Å²) in [6, 6.07) is 0. The minimum atomic E-state index is -0.281. The highest BCUT2D eigenvalue weighted by atomic mass is 16.5. The van der Waals surface area contributed by atoms with Crippen LogP contribution in [0.4, 0.5) is 0 Å². The molecule has 1 rings (SSSR count). The molecule has 4 atom stereocenters. The first-order chi connectivity index (χ1) is 8.62. The maximum absolute atomic E-state index is 11.6. The molecule has 0 spiro atoms. The molecule has 1 fully saturated rings. The standard InChI is InChI=1S/C14H26O4/c1-4-6-10(15)9-11-7-8-13(18-11)12(5-2)14(16)17-3/h10-13,15H,4-9H2,1-3H3/t10-,11-,12-,13+/m0/s1. The van der Waals surface area contributed by atoms with E-state index >= 15 is 0 Å². The molecule has 0 saturated carbocycles. The fourth-order valence-corrected chi connectivity index (χ4v) is 2.69. The molecule has 4 nitrogen and oxygen atoms in total. The van der Waals surface area contributed by atoms with Crippen molar-refractivity contribution in [1.82, 2.24) is 0 Å². The van der Waals surface area contributed by atoms with Crippen molar-refractivity contribution < 1.29 is 19.4 Å². The number of hydrogen-bond acceptors (Lipinski definition) is 4. The molecule has 1 heterocycles. The quantitative estimate of drug-likeness (QED) is 0.712. The van der Waals surface area contributed by atoms with Gasteiger partial charge >= 0.3 is 5.97 Å². The van der Waals surface area contributed by atoms with Crippen molar-refractivity contribution in [2.45, 2.75) is 70.7 Å². The van der Waals surface area contributed by atoms with Crippen molar-refractivity contribution in [3.05, 3.63) is 0 Å². The molecule has 106 valence electrons. The zero-order valence-electron chi connectivity index (χ0n) is 11.7. The normalized spacial score (nSPS) is 26.9. The fourth-order valence-electron chi connectivity index (χ4n) is 2.69. The van der Waals surface area contributed by atoms with Gasteiger partial charge in [0.2, 0.25) is 0 Å². The molecule has 0 radical (unpaired) electrons. The molecule has 0 amide bonds. The Morgan fingerprint density at radius 1 is 1.44 bits per heavy atom. The van der Waals surface area contributed by atoms with Crippen molar-refractivity contribution in [3.8, 4) is 0 Å². The number of rotatable bonds is 7. The topological polar surface area (TPSA) is 55.8 Å². The molecule has 1 N–H and O–H groups in total. The Morgan fingerprint density at radius 3 is 2.72 bits per heavy atom. The average molecular weight is 258 g/mol. The molecule has 0 aromatic heterocycles. The van der Waals surface area contributed by atoms with Crippen LogP contribution in [0.1, 0.15) is 52.4 Å². The van der Waals surface area contributed by atoms with Gasteiger partial charge in [0.05, 0.1) is 31.3 Å². The van der Waals surface area contributed by atoms with Crippen LogP contribution >= 0.6 is 0 Å². The molecule has 1 saturated heterocycles. The predicted molar refractivity (Wildman–Crippen MR) is 69.2 cm³/mol. The zero-order chi connectivity index (χ0) is 13.5. The number of aliphatic hydroxyl groups excluding tert-OH is 1. The van der Waals surface area contributed by atoms with Crippen LogP contribution in [-0.4, -0.2) is 36.5 Å². The third kappa shape index (κ3) is 4.25. The number of esters is 1. The summed E-state index contributed by atoms with van der Waals surface area (Å²) in [4.78, 5) is 11.6. The summed E-state index contributed by atoms with van der Waals surface area (Å²) in [6.07, 6.45) is 4.81. The zero-order valence-corrected chi connectivity index (χ0v) is 11.7. The second-order valence-corrected chi connectivity index (χ2v) is 5.09. The van der Waals surface area contributed by atoms with E-state index in [1.165, 1.54) is 7.11 Å². The Morgan fingerprint density at radius 2 is 2.17 bits per heavy atom. The number of carbonyl (C=O) groups is 1. The number of hydrogen-bond donors (Lipinski definition) is 1. The highest BCUT2D eigenvalue weighted by molar-refractivity contribution is 5.72. The molecular weight excluding hydrogens is 232 g/mol. The highest BCUT2D eigenvalue weighted by Gasteiger charge is 2.35. The van der Waals surface area contributed by atoms with Gasteiger partial charge in [-0.05, 0) is 32.1 Å². The lowest BCUT2D eigenvalue weighted by molar-refractivity contribution is -0.151. The first-order valence-corrected chi connectivity index (χ1v) is 7.03. The lowest BCUT2D eigenvalue weighted by Crippen LogP contribution is -2.29. The first-order valence-electron chi connectivity index (χ1n) is 7.03. The maximum Gasteiger partial charge on any atom is 0.311 e. The van der Waals surface area contributed by atoms with Gasteiger partial charge in [0.25, 0.3) is 0 Å². The summed E-state index contributed by atoms with van der Waals surface area (Å²) in [7, 11) is 1.42. The van der Waals surface area contributed by atoms with Crippen LogP contribution in [0.15, 0.2) is 0 Å². The van der Waals surface area contributed by atoms with E-state index in [0.717, 1.165) is 32.1 Å². The Kier molecular flexibility index (Phi) is 6.65. The van der Waals surface area contributed by atoms with Gasteiger partial charge < -0.3 is 14.6 Å². The highest BCUT2D eigenvalue weighted by Crippen LogP contribution is 2.30. The van der Waals surface area contributed by atoms with E-state index in [2.05, 4.69) is 6.92 Å². The van der Waals surface area contributed by atoms with Crippen LogP contribution in [0.2, 0.25) is 0 Å². The summed E-state index contributed by atoms with van der Waals surface area (Å²) in [5.74, 6) is -0.347. The molecular formula is C14H26O4. The van der Waals surface area contributed by atoms with Gasteiger partial charge in [0, 0.05) is 0 Å². The molecule has 18 heavy (non-hydrogen) atoms. The smallest absolute Gasteiger partial charge is 0.311 e. The molecule has 0 aromatic carbocycles. The molecule has 0 unspecified atom stereocenters. The van der Waals surface area contributed by atoms with Gasteiger partial charge in [-0.15, -0.1) is 0 Å². The van der Waals surface area contributed by atoms with Crippen molar-refractivity contribution in [1.29, 1.82) is 0 Å². The van der Waals surface area contributed by atoms with Crippen LogP contribution in [0, 0.1) is 5.92 Å². The molecule has 0 aliphatic carbocycles. The van der Waals surface area contributed by atoms with Crippen LogP contribution < -0.4 is 0 Å². The lowest BCUT2D eigenvalue weighted by atomic mass is 9.97. The van der Waals surface area contributed by atoms with E-state index < -0.39 is 0 Å². The van der Waals surface area contributed by atoms with E-state index in [9.17, 15) is 9.90 Å². The van der Waals surface area contributed by atoms with E-state index in [4.69, 9.17) is 9.47 Å². The van der Waals surface area contributed by atoms with Gasteiger partial charge in [-0.25, -0.2) is 0 Å². The van der Waals surface area contributed by atoms with Gasteiger partial charge in [-0.2, -0.15) is 0 Å². The fraction of sp³-hybridized carbons (Fsp3) is 0.929. The minimum Gasteiger partial charge on any atom is -0.469 e. The number of aliphatic hydroxyl groups is 1. The predicted octanol–water partition coefficient (Wildman–Crippen LogP) is 2.28. The Bertz CT molecular complexity index is 254. The van der Waals surface area contributed by atoms with Crippen molar-refractivity contribution in [3.63, 3.8) is 0 Å².